The third-order valence-electron chi connectivity index (χ3n) is 1.54. The van der Waals surface area contributed by atoms with Crippen molar-refractivity contribution in [2.24, 2.45) is 0 Å². The second kappa shape index (κ2) is 4.73. The van der Waals surface area contributed by atoms with Gasteiger partial charge in [-0.2, -0.15) is 0 Å². The molecule has 0 aromatic heterocycles. The van der Waals surface area contributed by atoms with Gasteiger partial charge < -0.3 is 0 Å². The lowest BCUT2D eigenvalue weighted by atomic mass is 10.6. The third kappa shape index (κ3) is 3.45. The maximum atomic E-state index is 6.13. The first kappa shape index (κ1) is 12.6. The molecule has 0 aliphatic heterocycles. The normalized spacial score (nSPS) is 13.6. The standard InChI is InChI=1S/C5H12Cl4Si2/c1-3-5-11(8,9)10(6,7)4-2/h3-5H2,1-2H3. The summed E-state index contributed by atoms with van der Waals surface area (Å²) in [5.41, 5.74) is 0. The molecule has 0 N–H and O–H groups in total. The van der Waals surface area contributed by atoms with Crippen LogP contribution in [0.4, 0.5) is 0 Å². The Morgan fingerprint density at radius 2 is 1.36 bits per heavy atom. The van der Waals surface area contributed by atoms with Gasteiger partial charge in [0, 0.05) is 0 Å². The van der Waals surface area contributed by atoms with Gasteiger partial charge in [-0.25, -0.2) is 0 Å². The fraction of sp³-hybridized carbons (Fsp3) is 1.00. The van der Waals surface area contributed by atoms with Crippen LogP contribution < -0.4 is 0 Å². The monoisotopic (exact) mass is 268 g/mol. The summed E-state index contributed by atoms with van der Waals surface area (Å²) < 4.78 is 0. The van der Waals surface area contributed by atoms with Crippen molar-refractivity contribution in [3.8, 4) is 0 Å². The van der Waals surface area contributed by atoms with Crippen LogP contribution in [0.2, 0.25) is 12.1 Å². The number of rotatable bonds is 4. The molecule has 0 rings (SSSR count). The van der Waals surface area contributed by atoms with E-state index in [1.54, 1.807) is 0 Å². The number of hydrogen-bond donors (Lipinski definition) is 0. The summed E-state index contributed by atoms with van der Waals surface area (Å²) in [5.74, 6) is 0. The molecule has 0 bridgehead atoms. The molecule has 0 heterocycles. The smallest absolute Gasteiger partial charge is 0.147 e. The Morgan fingerprint density at radius 1 is 0.909 bits per heavy atom. The molecule has 0 unspecified atom stereocenters. The molecule has 0 radical (unpaired) electrons. The molecule has 0 aromatic rings. The van der Waals surface area contributed by atoms with Gasteiger partial charge in [0.1, 0.15) is 0 Å². The first-order valence-electron chi connectivity index (χ1n) is 3.63. The highest BCUT2D eigenvalue weighted by molar-refractivity contribution is 7.92. The van der Waals surface area contributed by atoms with Crippen LogP contribution in [0.25, 0.3) is 0 Å². The first-order valence-corrected chi connectivity index (χ1v) is 13.1. The molecular formula is C5H12Cl4Si2. The van der Waals surface area contributed by atoms with Crippen LogP contribution in [0.1, 0.15) is 20.3 Å². The van der Waals surface area contributed by atoms with Crippen LogP contribution in [0, 0.1) is 0 Å². The maximum Gasteiger partial charge on any atom is 0.273 e. The lowest BCUT2D eigenvalue weighted by molar-refractivity contribution is 1.07. The lowest BCUT2D eigenvalue weighted by Gasteiger charge is -2.26. The van der Waals surface area contributed by atoms with Crippen LogP contribution in [-0.2, 0) is 0 Å². The second-order valence-corrected chi connectivity index (χ2v) is 24.4. The van der Waals surface area contributed by atoms with Gasteiger partial charge in [-0.3, -0.25) is 0 Å². The van der Waals surface area contributed by atoms with Crippen molar-refractivity contribution in [3.05, 3.63) is 0 Å². The highest BCUT2D eigenvalue weighted by Crippen LogP contribution is 2.40. The average molecular weight is 270 g/mol. The average Bonchev–Trinajstić information content (AvgIpc) is 1.87. The Morgan fingerprint density at radius 3 is 1.64 bits per heavy atom. The molecule has 0 atom stereocenters. The number of halogens is 4. The molecule has 11 heavy (non-hydrogen) atoms. The molecule has 0 spiro atoms. The minimum Gasteiger partial charge on any atom is -0.147 e. The van der Waals surface area contributed by atoms with E-state index in [2.05, 4.69) is 0 Å². The van der Waals surface area contributed by atoms with Crippen molar-refractivity contribution >= 4 is 56.7 Å². The van der Waals surface area contributed by atoms with Crippen LogP contribution in [0.3, 0.4) is 0 Å². The van der Waals surface area contributed by atoms with Gasteiger partial charge in [0.15, 0.2) is 0 Å². The summed E-state index contributed by atoms with van der Waals surface area (Å²) in [6.07, 6.45) is -3.66. The highest BCUT2D eigenvalue weighted by atomic mass is 35.8. The van der Waals surface area contributed by atoms with Crippen molar-refractivity contribution < 1.29 is 0 Å². The first-order chi connectivity index (χ1) is 4.87. The Bertz CT molecular complexity index is 126. The van der Waals surface area contributed by atoms with Gasteiger partial charge in [0.2, 0.25) is 0 Å². The molecule has 0 aromatic carbocycles. The van der Waals surface area contributed by atoms with E-state index < -0.39 is 12.4 Å². The minimum absolute atomic E-state index is 0.745. The SMILES string of the molecule is CCC[Si](Cl)(Cl)[Si](Cl)(Cl)CC. The van der Waals surface area contributed by atoms with E-state index >= 15 is 0 Å². The predicted molar refractivity (Wildman–Crippen MR) is 60.5 cm³/mol. The zero-order valence-electron chi connectivity index (χ0n) is 6.63. The van der Waals surface area contributed by atoms with Gasteiger partial charge >= 0.3 is 0 Å². The van der Waals surface area contributed by atoms with Crippen molar-refractivity contribution in [1.29, 1.82) is 0 Å². The summed E-state index contributed by atoms with van der Waals surface area (Å²) in [4.78, 5) is 0. The molecule has 68 valence electrons. The van der Waals surface area contributed by atoms with E-state index in [9.17, 15) is 0 Å². The topological polar surface area (TPSA) is 0 Å². The van der Waals surface area contributed by atoms with E-state index in [4.69, 9.17) is 44.3 Å². The molecule has 6 heteroatoms. The Balaban J connectivity index is 4.26. The van der Waals surface area contributed by atoms with Crippen molar-refractivity contribution in [2.45, 2.75) is 32.4 Å². The van der Waals surface area contributed by atoms with Crippen LogP contribution in [0.5, 0.6) is 0 Å². The van der Waals surface area contributed by atoms with E-state index in [1.165, 1.54) is 0 Å². The van der Waals surface area contributed by atoms with Crippen LogP contribution >= 0.6 is 44.3 Å². The third-order valence-corrected chi connectivity index (χ3v) is 27.5. The fourth-order valence-electron chi connectivity index (χ4n) is 0.755. The molecular weight excluding hydrogens is 258 g/mol. The summed E-state index contributed by atoms with van der Waals surface area (Å²) in [6, 6.07) is 1.55. The minimum atomic E-state index is -2.32. The van der Waals surface area contributed by atoms with Crippen molar-refractivity contribution in [2.75, 3.05) is 0 Å². The van der Waals surface area contributed by atoms with Gasteiger partial charge in [-0.15, -0.1) is 44.3 Å². The maximum absolute atomic E-state index is 6.13. The Kier molecular flexibility index (Phi) is 5.41. The van der Waals surface area contributed by atoms with E-state index in [1.807, 2.05) is 13.8 Å². The highest BCUT2D eigenvalue weighted by Gasteiger charge is 2.51. The molecule has 0 saturated heterocycles. The van der Waals surface area contributed by atoms with Gasteiger partial charge in [-0.05, 0) is 12.1 Å². The molecule has 0 fully saturated rings. The van der Waals surface area contributed by atoms with E-state index in [0.717, 1.165) is 18.5 Å². The zero-order valence-corrected chi connectivity index (χ0v) is 11.7. The van der Waals surface area contributed by atoms with Crippen molar-refractivity contribution in [3.63, 3.8) is 0 Å². The second-order valence-electron chi connectivity index (χ2n) is 2.51. The van der Waals surface area contributed by atoms with Gasteiger partial charge in [0.25, 0.3) is 12.4 Å². The number of hydrogen-bond acceptors (Lipinski definition) is 0. The van der Waals surface area contributed by atoms with Crippen LogP contribution in [0.15, 0.2) is 0 Å². The summed E-state index contributed by atoms with van der Waals surface area (Å²) in [6.45, 7) is 3.99. The largest absolute Gasteiger partial charge is 0.273 e. The van der Waals surface area contributed by atoms with Crippen molar-refractivity contribution in [1.82, 2.24) is 0 Å². The Labute approximate surface area is 88.8 Å². The molecule has 0 saturated carbocycles. The summed E-state index contributed by atoms with van der Waals surface area (Å²) in [5, 5.41) is 0. The summed E-state index contributed by atoms with van der Waals surface area (Å²) in [7, 11) is 0. The zero-order chi connectivity index (χ0) is 9.12. The Hall–Kier alpha value is 1.59. The van der Waals surface area contributed by atoms with E-state index in [-0.39, 0.29) is 0 Å². The van der Waals surface area contributed by atoms with Gasteiger partial charge in [-0.1, -0.05) is 20.3 Å². The predicted octanol–water partition coefficient (Wildman–Crippen LogP) is 4.33. The fourth-order valence-corrected chi connectivity index (χ4v) is 10.9. The molecule has 0 amide bonds. The molecule has 0 nitrogen and oxygen atoms in total. The molecule has 0 aliphatic rings. The van der Waals surface area contributed by atoms with Crippen LogP contribution in [-0.4, -0.2) is 12.4 Å². The quantitative estimate of drug-likeness (QED) is 0.526. The van der Waals surface area contributed by atoms with Gasteiger partial charge in [0.05, 0.1) is 0 Å². The molecule has 0 aliphatic carbocycles. The van der Waals surface area contributed by atoms with E-state index in [0.29, 0.717) is 0 Å². The summed E-state index contributed by atoms with van der Waals surface area (Å²) >= 11 is 24.4. The lowest BCUT2D eigenvalue weighted by Crippen LogP contribution is -2.46.